The number of hydrogen-bond donors (Lipinski definition) is 0. The first-order chi connectivity index (χ1) is 14.7. The van der Waals surface area contributed by atoms with Gasteiger partial charge in [-0.25, -0.2) is 0 Å². The Kier molecular flexibility index (Phi) is 5.89. The Balaban J connectivity index is 0.000000166. The van der Waals surface area contributed by atoms with E-state index in [4.69, 9.17) is 9.47 Å². The van der Waals surface area contributed by atoms with Gasteiger partial charge >= 0.3 is 0 Å². The molecule has 164 valence electrons. The second kappa shape index (κ2) is 8.33. The van der Waals surface area contributed by atoms with Gasteiger partial charge < -0.3 is 9.47 Å². The Hall–Kier alpha value is -2.30. The number of nitrogens with zero attached hydrogens (tertiary/aromatic N) is 2. The van der Waals surface area contributed by atoms with Crippen LogP contribution in [0.25, 0.3) is 0 Å². The van der Waals surface area contributed by atoms with Crippen molar-refractivity contribution in [3.8, 4) is 0 Å². The third kappa shape index (κ3) is 3.99. The molecule has 3 aliphatic heterocycles. The Morgan fingerprint density at radius 3 is 2.16 bits per heavy atom. The second-order valence-corrected chi connectivity index (χ2v) is 9.68. The highest BCUT2D eigenvalue weighted by atomic mass is 16.7. The molecule has 2 aromatic rings. The van der Waals surface area contributed by atoms with Crippen molar-refractivity contribution in [2.75, 3.05) is 19.8 Å². The molecule has 3 heterocycles. The highest BCUT2D eigenvalue weighted by molar-refractivity contribution is 5.99. The fourth-order valence-electron chi connectivity index (χ4n) is 4.66. The van der Waals surface area contributed by atoms with Gasteiger partial charge in [0.15, 0.2) is 18.5 Å². The summed E-state index contributed by atoms with van der Waals surface area (Å²) in [7, 11) is 0. The minimum absolute atomic E-state index is 0.0244. The monoisotopic (exact) mass is 419 g/mol. The molecule has 4 heteroatoms. The van der Waals surface area contributed by atoms with E-state index in [9.17, 15) is 0 Å². The molecule has 0 bridgehead atoms. The number of rotatable bonds is 3. The van der Waals surface area contributed by atoms with Gasteiger partial charge in [0.1, 0.15) is 0 Å². The van der Waals surface area contributed by atoms with E-state index >= 15 is 0 Å². The summed E-state index contributed by atoms with van der Waals surface area (Å²) in [5.74, 6) is 0. The summed E-state index contributed by atoms with van der Waals surface area (Å²) in [6, 6.07) is 17.0. The van der Waals surface area contributed by atoms with E-state index < -0.39 is 0 Å². The Labute approximate surface area is 186 Å². The predicted octanol–water partition coefficient (Wildman–Crippen LogP) is 5.92. The number of aliphatic imine (C=N–C) groups is 1. The zero-order valence-corrected chi connectivity index (χ0v) is 19.7. The lowest BCUT2D eigenvalue weighted by molar-refractivity contribution is -0.443. The SMILES string of the molecule is CC1=Nc2ccccc2C1(C)C.CC1=[N+](CCC2OCCO2)c2ccccc2C1(C)C. The van der Waals surface area contributed by atoms with Gasteiger partial charge in [-0.15, -0.1) is 0 Å². The molecule has 0 amide bonds. The van der Waals surface area contributed by atoms with Crippen LogP contribution in [0.3, 0.4) is 0 Å². The number of ether oxygens (including phenoxy) is 2. The predicted molar refractivity (Wildman–Crippen MR) is 127 cm³/mol. The molecule has 1 fully saturated rings. The topological polar surface area (TPSA) is 33.8 Å². The van der Waals surface area contributed by atoms with Crippen LogP contribution in [0.2, 0.25) is 0 Å². The largest absolute Gasteiger partial charge is 0.350 e. The van der Waals surface area contributed by atoms with Crippen LogP contribution in [0, 0.1) is 0 Å². The quantitative estimate of drug-likeness (QED) is 0.579. The fraction of sp³-hybridized carbons (Fsp3) is 0.481. The van der Waals surface area contributed by atoms with Crippen LogP contribution in [0.5, 0.6) is 0 Å². The van der Waals surface area contributed by atoms with Crippen molar-refractivity contribution in [1.29, 1.82) is 0 Å². The van der Waals surface area contributed by atoms with Gasteiger partial charge in [-0.1, -0.05) is 50.2 Å². The van der Waals surface area contributed by atoms with Crippen molar-refractivity contribution >= 4 is 22.8 Å². The summed E-state index contributed by atoms with van der Waals surface area (Å²) in [5.41, 5.74) is 8.12. The lowest BCUT2D eigenvalue weighted by atomic mass is 9.82. The average molecular weight is 420 g/mol. The summed E-state index contributed by atoms with van der Waals surface area (Å²) >= 11 is 0. The standard InChI is InChI=1S/C16H22NO2.C11H13N/c1-12-16(2,3)13-6-4-5-7-14(13)17(12)9-8-15-18-10-11-19-15;1-8-11(2,3)9-6-4-5-7-10(9)12-8/h4-7,15H,8-11H2,1-3H3;4-7H,1-3H3/q+1;. The molecule has 0 radical (unpaired) electrons. The summed E-state index contributed by atoms with van der Waals surface area (Å²) in [5, 5.41) is 0. The van der Waals surface area contributed by atoms with Crippen LogP contribution in [-0.2, 0) is 20.3 Å². The molecule has 1 saturated heterocycles. The van der Waals surface area contributed by atoms with E-state index in [1.807, 2.05) is 6.07 Å². The zero-order valence-electron chi connectivity index (χ0n) is 19.7. The number of fused-ring (bicyclic) bond motifs is 2. The Bertz CT molecular complexity index is 1030. The van der Waals surface area contributed by atoms with Gasteiger partial charge in [0, 0.05) is 29.7 Å². The molecule has 0 atom stereocenters. The van der Waals surface area contributed by atoms with Crippen LogP contribution >= 0.6 is 0 Å². The Morgan fingerprint density at radius 2 is 1.48 bits per heavy atom. The van der Waals surface area contributed by atoms with E-state index in [1.54, 1.807) is 0 Å². The van der Waals surface area contributed by atoms with E-state index in [1.165, 1.54) is 28.2 Å². The maximum absolute atomic E-state index is 5.53. The third-order valence-corrected chi connectivity index (χ3v) is 7.23. The van der Waals surface area contributed by atoms with Crippen LogP contribution < -0.4 is 0 Å². The first-order valence-corrected chi connectivity index (χ1v) is 11.3. The Morgan fingerprint density at radius 1 is 0.871 bits per heavy atom. The maximum Gasteiger partial charge on any atom is 0.209 e. The van der Waals surface area contributed by atoms with E-state index in [0.29, 0.717) is 0 Å². The van der Waals surface area contributed by atoms with Gasteiger partial charge in [-0.05, 0) is 32.4 Å². The molecule has 5 rings (SSSR count). The average Bonchev–Trinajstić information content (AvgIpc) is 3.40. The molecule has 0 spiro atoms. The van der Waals surface area contributed by atoms with Gasteiger partial charge in [0.25, 0.3) is 0 Å². The molecular weight excluding hydrogens is 384 g/mol. The van der Waals surface area contributed by atoms with E-state index in [2.05, 4.69) is 93.6 Å². The van der Waals surface area contributed by atoms with Gasteiger partial charge in [0.2, 0.25) is 5.69 Å². The van der Waals surface area contributed by atoms with E-state index in [0.717, 1.165) is 31.9 Å². The van der Waals surface area contributed by atoms with Crippen LogP contribution in [0.4, 0.5) is 11.4 Å². The minimum Gasteiger partial charge on any atom is -0.350 e. The smallest absolute Gasteiger partial charge is 0.209 e. The lowest BCUT2D eigenvalue weighted by Crippen LogP contribution is -2.27. The lowest BCUT2D eigenvalue weighted by Gasteiger charge is -2.19. The molecule has 4 nitrogen and oxygen atoms in total. The van der Waals surface area contributed by atoms with Crippen molar-refractivity contribution in [1.82, 2.24) is 0 Å². The summed E-state index contributed by atoms with van der Waals surface area (Å²) < 4.78 is 13.5. The van der Waals surface area contributed by atoms with Crippen LogP contribution in [0.15, 0.2) is 53.5 Å². The van der Waals surface area contributed by atoms with Gasteiger partial charge in [0.05, 0.1) is 30.7 Å². The van der Waals surface area contributed by atoms with Gasteiger partial charge in [-0.2, -0.15) is 4.58 Å². The molecule has 0 N–H and O–H groups in total. The van der Waals surface area contributed by atoms with Crippen molar-refractivity contribution in [2.45, 2.75) is 65.1 Å². The molecule has 0 aliphatic carbocycles. The molecule has 0 saturated carbocycles. The second-order valence-electron chi connectivity index (χ2n) is 9.68. The molecular formula is C27H35N2O2+. The van der Waals surface area contributed by atoms with Crippen molar-refractivity contribution in [3.05, 3.63) is 59.7 Å². The number of para-hydroxylation sites is 2. The molecule has 0 aromatic heterocycles. The summed E-state index contributed by atoms with van der Waals surface area (Å²) in [4.78, 5) is 4.52. The molecule has 3 aliphatic rings. The highest BCUT2D eigenvalue weighted by Gasteiger charge is 2.42. The maximum atomic E-state index is 5.53. The zero-order chi connectivity index (χ0) is 22.2. The first kappa shape index (κ1) is 21.9. The summed E-state index contributed by atoms with van der Waals surface area (Å²) in [6.07, 6.45) is 0.894. The van der Waals surface area contributed by atoms with E-state index in [-0.39, 0.29) is 17.1 Å². The van der Waals surface area contributed by atoms with Crippen LogP contribution in [-0.4, -0.2) is 42.0 Å². The highest BCUT2D eigenvalue weighted by Crippen LogP contribution is 2.40. The van der Waals surface area contributed by atoms with Crippen molar-refractivity contribution < 1.29 is 14.0 Å². The summed E-state index contributed by atoms with van der Waals surface area (Å²) in [6.45, 7) is 15.8. The number of benzene rings is 2. The van der Waals surface area contributed by atoms with Crippen LogP contribution in [0.1, 0.15) is 59.1 Å². The van der Waals surface area contributed by atoms with Crippen molar-refractivity contribution in [3.63, 3.8) is 0 Å². The molecule has 2 aromatic carbocycles. The normalized spacial score (nSPS) is 20.8. The van der Waals surface area contributed by atoms with Gasteiger partial charge in [-0.3, -0.25) is 4.99 Å². The molecule has 31 heavy (non-hydrogen) atoms. The first-order valence-electron chi connectivity index (χ1n) is 11.3. The minimum atomic E-state index is -0.0244. The van der Waals surface area contributed by atoms with Crippen molar-refractivity contribution in [2.24, 2.45) is 4.99 Å². The molecule has 0 unspecified atom stereocenters. The fourth-order valence-corrected chi connectivity index (χ4v) is 4.66. The number of hydrogen-bond acceptors (Lipinski definition) is 3. The third-order valence-electron chi connectivity index (χ3n) is 7.23.